The van der Waals surface area contributed by atoms with Crippen molar-refractivity contribution in [3.05, 3.63) is 10.0 Å². The summed E-state index contributed by atoms with van der Waals surface area (Å²) < 4.78 is 0. The molecule has 3 nitrogen and oxygen atoms in total. The summed E-state index contributed by atoms with van der Waals surface area (Å²) in [5.41, 5.74) is 0. The molecule has 1 aliphatic carbocycles. The highest BCUT2D eigenvalue weighted by atomic mass is 32.1. The number of hydrogen-bond donors (Lipinski definition) is 1. The van der Waals surface area contributed by atoms with Crippen LogP contribution in [0.2, 0.25) is 0 Å². The molecule has 15 heavy (non-hydrogen) atoms. The van der Waals surface area contributed by atoms with Gasteiger partial charge in [0.25, 0.3) is 0 Å². The van der Waals surface area contributed by atoms with Crippen LogP contribution >= 0.6 is 11.3 Å². The fourth-order valence-corrected chi connectivity index (χ4v) is 2.83. The second kappa shape index (κ2) is 5.56. The fourth-order valence-electron chi connectivity index (χ4n) is 1.83. The number of nitrogens with one attached hydrogen (secondary N) is 1. The lowest BCUT2D eigenvalue weighted by Crippen LogP contribution is -2.13. The summed E-state index contributed by atoms with van der Waals surface area (Å²) in [7, 11) is 1.99. The van der Waals surface area contributed by atoms with E-state index in [1.807, 2.05) is 18.4 Å². The molecule has 1 saturated carbocycles. The first-order valence-electron chi connectivity index (χ1n) is 5.84. The van der Waals surface area contributed by atoms with E-state index in [1.165, 1.54) is 35.7 Å². The average Bonchev–Trinajstić information content (AvgIpc) is 2.60. The van der Waals surface area contributed by atoms with Gasteiger partial charge < -0.3 is 5.32 Å². The summed E-state index contributed by atoms with van der Waals surface area (Å²) in [5.74, 6) is 0.906. The second-order valence-corrected chi connectivity index (χ2v) is 5.44. The SMILES string of the molecule is CNCCCc1nnc(CC2CCC2)s1. The van der Waals surface area contributed by atoms with E-state index in [0.717, 1.165) is 25.3 Å². The summed E-state index contributed by atoms with van der Waals surface area (Å²) in [6.45, 7) is 1.07. The average molecular weight is 225 g/mol. The normalized spacial score (nSPS) is 16.6. The maximum absolute atomic E-state index is 4.26. The molecule has 0 atom stereocenters. The third-order valence-electron chi connectivity index (χ3n) is 3.01. The van der Waals surface area contributed by atoms with Gasteiger partial charge in [0.2, 0.25) is 0 Å². The van der Waals surface area contributed by atoms with Gasteiger partial charge in [-0.25, -0.2) is 0 Å². The van der Waals surface area contributed by atoms with Crippen molar-refractivity contribution in [3.63, 3.8) is 0 Å². The third-order valence-corrected chi connectivity index (χ3v) is 4.02. The molecule has 0 bridgehead atoms. The molecule has 2 rings (SSSR count). The largest absolute Gasteiger partial charge is 0.320 e. The number of rotatable bonds is 6. The summed E-state index contributed by atoms with van der Waals surface area (Å²) >= 11 is 1.81. The predicted molar refractivity (Wildman–Crippen MR) is 63.2 cm³/mol. The van der Waals surface area contributed by atoms with Gasteiger partial charge >= 0.3 is 0 Å². The maximum Gasteiger partial charge on any atom is 0.117 e. The smallest absolute Gasteiger partial charge is 0.117 e. The molecule has 1 heterocycles. The van der Waals surface area contributed by atoms with Gasteiger partial charge in [0.1, 0.15) is 10.0 Å². The molecular formula is C11H19N3S. The first-order chi connectivity index (χ1) is 7.38. The van der Waals surface area contributed by atoms with Crippen LogP contribution in [-0.4, -0.2) is 23.8 Å². The molecule has 0 radical (unpaired) electrons. The zero-order valence-electron chi connectivity index (χ0n) is 9.33. The molecule has 0 amide bonds. The van der Waals surface area contributed by atoms with E-state index < -0.39 is 0 Å². The van der Waals surface area contributed by atoms with Gasteiger partial charge in [0, 0.05) is 12.8 Å². The Bertz CT molecular complexity index is 294. The fraction of sp³-hybridized carbons (Fsp3) is 0.818. The molecule has 1 aromatic rings. The van der Waals surface area contributed by atoms with E-state index in [9.17, 15) is 0 Å². The van der Waals surface area contributed by atoms with E-state index in [2.05, 4.69) is 15.5 Å². The standard InChI is InChI=1S/C11H19N3S/c1-12-7-3-6-10-13-14-11(15-10)8-9-4-2-5-9/h9,12H,2-8H2,1H3. The monoisotopic (exact) mass is 225 g/mol. The van der Waals surface area contributed by atoms with Crippen LogP contribution in [0.4, 0.5) is 0 Å². The van der Waals surface area contributed by atoms with Crippen molar-refractivity contribution >= 4 is 11.3 Å². The minimum atomic E-state index is 0.906. The van der Waals surface area contributed by atoms with Gasteiger partial charge in [-0.2, -0.15) is 0 Å². The lowest BCUT2D eigenvalue weighted by Gasteiger charge is -2.23. The second-order valence-electron chi connectivity index (χ2n) is 4.30. The highest BCUT2D eigenvalue weighted by Crippen LogP contribution is 2.30. The van der Waals surface area contributed by atoms with Crippen molar-refractivity contribution in [2.45, 2.75) is 38.5 Å². The van der Waals surface area contributed by atoms with Gasteiger partial charge in [-0.05, 0) is 25.9 Å². The van der Waals surface area contributed by atoms with Crippen molar-refractivity contribution in [1.82, 2.24) is 15.5 Å². The van der Waals surface area contributed by atoms with Crippen molar-refractivity contribution in [3.8, 4) is 0 Å². The Morgan fingerprint density at radius 2 is 2.13 bits per heavy atom. The first-order valence-corrected chi connectivity index (χ1v) is 6.66. The molecule has 0 aliphatic heterocycles. The predicted octanol–water partition coefficient (Wildman–Crippen LogP) is 2.03. The maximum atomic E-state index is 4.26. The zero-order chi connectivity index (χ0) is 10.5. The Kier molecular flexibility index (Phi) is 4.09. The molecule has 4 heteroatoms. The van der Waals surface area contributed by atoms with Crippen molar-refractivity contribution in [2.75, 3.05) is 13.6 Å². The highest BCUT2D eigenvalue weighted by molar-refractivity contribution is 7.11. The van der Waals surface area contributed by atoms with E-state index in [-0.39, 0.29) is 0 Å². The molecular weight excluding hydrogens is 206 g/mol. The lowest BCUT2D eigenvalue weighted by molar-refractivity contribution is 0.313. The van der Waals surface area contributed by atoms with Gasteiger partial charge in [0.15, 0.2) is 0 Å². The molecule has 1 N–H and O–H groups in total. The van der Waals surface area contributed by atoms with Gasteiger partial charge in [-0.15, -0.1) is 21.5 Å². The molecule has 0 saturated heterocycles. The molecule has 1 fully saturated rings. The third kappa shape index (κ3) is 3.24. The van der Waals surface area contributed by atoms with E-state index in [1.54, 1.807) is 0 Å². The van der Waals surface area contributed by atoms with Crippen molar-refractivity contribution in [1.29, 1.82) is 0 Å². The van der Waals surface area contributed by atoms with Crippen molar-refractivity contribution in [2.24, 2.45) is 5.92 Å². The van der Waals surface area contributed by atoms with E-state index in [4.69, 9.17) is 0 Å². The zero-order valence-corrected chi connectivity index (χ0v) is 10.1. The molecule has 0 aromatic carbocycles. The molecule has 1 aliphatic rings. The first kappa shape index (κ1) is 11.0. The Morgan fingerprint density at radius 1 is 1.33 bits per heavy atom. The van der Waals surface area contributed by atoms with Crippen LogP contribution in [-0.2, 0) is 12.8 Å². The Hall–Kier alpha value is -0.480. The number of hydrogen-bond acceptors (Lipinski definition) is 4. The van der Waals surface area contributed by atoms with Crippen LogP contribution in [0, 0.1) is 5.92 Å². The minimum Gasteiger partial charge on any atom is -0.320 e. The molecule has 1 aromatic heterocycles. The van der Waals surface area contributed by atoms with E-state index >= 15 is 0 Å². The summed E-state index contributed by atoms with van der Waals surface area (Å²) in [4.78, 5) is 0. The topological polar surface area (TPSA) is 37.8 Å². The molecule has 84 valence electrons. The summed E-state index contributed by atoms with van der Waals surface area (Å²) in [6, 6.07) is 0. The Morgan fingerprint density at radius 3 is 2.80 bits per heavy atom. The van der Waals surface area contributed by atoms with Crippen LogP contribution in [0.5, 0.6) is 0 Å². The number of nitrogens with zero attached hydrogens (tertiary/aromatic N) is 2. The summed E-state index contributed by atoms with van der Waals surface area (Å²) in [5, 5.41) is 14.1. The summed E-state index contributed by atoms with van der Waals surface area (Å²) in [6.07, 6.45) is 7.61. The molecule has 0 spiro atoms. The van der Waals surface area contributed by atoms with Gasteiger partial charge in [0.05, 0.1) is 0 Å². The highest BCUT2D eigenvalue weighted by Gasteiger charge is 2.19. The van der Waals surface area contributed by atoms with Crippen LogP contribution in [0.25, 0.3) is 0 Å². The van der Waals surface area contributed by atoms with Crippen LogP contribution in [0.1, 0.15) is 35.7 Å². The molecule has 0 unspecified atom stereocenters. The van der Waals surface area contributed by atoms with Crippen molar-refractivity contribution < 1.29 is 0 Å². The van der Waals surface area contributed by atoms with Crippen LogP contribution in [0.15, 0.2) is 0 Å². The Balaban J connectivity index is 1.75. The van der Waals surface area contributed by atoms with Gasteiger partial charge in [-0.3, -0.25) is 0 Å². The van der Waals surface area contributed by atoms with Gasteiger partial charge in [-0.1, -0.05) is 19.3 Å². The van der Waals surface area contributed by atoms with Crippen LogP contribution < -0.4 is 5.32 Å². The quantitative estimate of drug-likeness (QED) is 0.753. The lowest BCUT2D eigenvalue weighted by atomic mass is 9.83. The van der Waals surface area contributed by atoms with Crippen LogP contribution in [0.3, 0.4) is 0 Å². The minimum absolute atomic E-state index is 0.906. The van der Waals surface area contributed by atoms with E-state index in [0.29, 0.717) is 0 Å². The number of aromatic nitrogens is 2. The Labute approximate surface area is 95.3 Å². The number of aryl methyl sites for hydroxylation is 1.